The lowest BCUT2D eigenvalue weighted by Crippen LogP contribution is -1.93. The number of aliphatic hydroxyl groups excluding tert-OH is 1. The Hall–Kier alpha value is -1.61. The molecule has 0 bridgehead atoms. The number of hydrogen-bond acceptors (Lipinski definition) is 2. The Labute approximate surface area is 88.8 Å². The third-order valence-corrected chi connectivity index (χ3v) is 2.37. The molecule has 0 aliphatic rings. The summed E-state index contributed by atoms with van der Waals surface area (Å²) in [6, 6.07) is 9.88. The van der Waals surface area contributed by atoms with Gasteiger partial charge in [0, 0.05) is 11.3 Å². The molecule has 0 saturated heterocycles. The zero-order valence-electron chi connectivity index (χ0n) is 8.86. The van der Waals surface area contributed by atoms with Gasteiger partial charge in [-0.1, -0.05) is 30.3 Å². The van der Waals surface area contributed by atoms with Crippen molar-refractivity contribution in [2.75, 3.05) is 0 Å². The highest BCUT2D eigenvalue weighted by Crippen LogP contribution is 2.21. The second-order valence-electron chi connectivity index (χ2n) is 3.64. The van der Waals surface area contributed by atoms with Crippen LogP contribution in [0.3, 0.4) is 0 Å². The lowest BCUT2D eigenvalue weighted by atomic mass is 10.2. The van der Waals surface area contributed by atoms with Crippen molar-refractivity contribution in [2.45, 2.75) is 20.0 Å². The van der Waals surface area contributed by atoms with Gasteiger partial charge in [-0.2, -0.15) is 0 Å². The van der Waals surface area contributed by atoms with Gasteiger partial charge in [-0.25, -0.2) is 4.98 Å². The van der Waals surface area contributed by atoms with Gasteiger partial charge in [-0.3, -0.25) is 0 Å². The number of H-pyrrole nitrogens is 1. The number of nitrogens with one attached hydrogen (secondary N) is 1. The normalized spacial score (nSPS) is 12.7. The molecule has 1 heterocycles. The summed E-state index contributed by atoms with van der Waals surface area (Å²) in [7, 11) is 0. The van der Waals surface area contributed by atoms with Gasteiger partial charge < -0.3 is 10.1 Å². The van der Waals surface area contributed by atoms with Gasteiger partial charge in [0.25, 0.3) is 0 Å². The van der Waals surface area contributed by atoms with E-state index in [-0.39, 0.29) is 0 Å². The number of aromatic nitrogens is 2. The van der Waals surface area contributed by atoms with E-state index in [2.05, 4.69) is 9.97 Å². The molecular formula is C12H14N2O. The van der Waals surface area contributed by atoms with Crippen LogP contribution in [-0.4, -0.2) is 15.1 Å². The van der Waals surface area contributed by atoms with Gasteiger partial charge in [-0.15, -0.1) is 0 Å². The van der Waals surface area contributed by atoms with Crippen LogP contribution in [0.5, 0.6) is 0 Å². The zero-order valence-corrected chi connectivity index (χ0v) is 8.86. The Morgan fingerprint density at radius 2 is 1.93 bits per heavy atom. The van der Waals surface area contributed by atoms with E-state index in [1.807, 2.05) is 37.3 Å². The maximum Gasteiger partial charge on any atom is 0.137 e. The molecular weight excluding hydrogens is 188 g/mol. The minimum absolute atomic E-state index is 0.529. The number of rotatable bonds is 2. The molecule has 2 N–H and O–H groups in total. The average Bonchev–Trinajstić information content (AvgIpc) is 2.62. The molecule has 0 spiro atoms. The molecule has 0 saturated carbocycles. The summed E-state index contributed by atoms with van der Waals surface area (Å²) in [5.74, 6) is 0.809. The zero-order chi connectivity index (χ0) is 10.8. The van der Waals surface area contributed by atoms with E-state index in [0.29, 0.717) is 5.69 Å². The van der Waals surface area contributed by atoms with Crippen molar-refractivity contribution in [1.29, 1.82) is 0 Å². The molecule has 1 aromatic carbocycles. The molecule has 78 valence electrons. The molecule has 0 amide bonds. The van der Waals surface area contributed by atoms with Crippen LogP contribution in [0.4, 0.5) is 0 Å². The molecule has 3 nitrogen and oxygen atoms in total. The maximum absolute atomic E-state index is 9.48. The molecule has 1 aromatic heterocycles. The molecule has 0 fully saturated rings. The second kappa shape index (κ2) is 3.87. The summed E-state index contributed by atoms with van der Waals surface area (Å²) in [5, 5.41) is 9.48. The quantitative estimate of drug-likeness (QED) is 0.785. The number of imidazole rings is 1. The standard InChI is InChI=1S/C12H14N2O/c1-8-11(9(2)15)14-12(13-8)10-6-4-3-5-7-10/h3-7,9,15H,1-2H3,(H,13,14). The third kappa shape index (κ3) is 1.92. The second-order valence-corrected chi connectivity index (χ2v) is 3.64. The maximum atomic E-state index is 9.48. The summed E-state index contributed by atoms with van der Waals surface area (Å²) < 4.78 is 0. The Bertz CT molecular complexity index is 446. The van der Waals surface area contributed by atoms with E-state index in [4.69, 9.17) is 0 Å². The van der Waals surface area contributed by atoms with Crippen LogP contribution < -0.4 is 0 Å². The fourth-order valence-electron chi connectivity index (χ4n) is 1.61. The SMILES string of the molecule is Cc1[nH]c(-c2ccccc2)nc1C(C)O. The van der Waals surface area contributed by atoms with Gasteiger partial charge in [-0.05, 0) is 13.8 Å². The van der Waals surface area contributed by atoms with E-state index in [9.17, 15) is 5.11 Å². The molecule has 2 aromatic rings. The van der Waals surface area contributed by atoms with Crippen molar-refractivity contribution in [3.8, 4) is 11.4 Å². The van der Waals surface area contributed by atoms with Crippen LogP contribution >= 0.6 is 0 Å². The number of aromatic amines is 1. The van der Waals surface area contributed by atoms with Crippen LogP contribution in [-0.2, 0) is 0 Å². The van der Waals surface area contributed by atoms with E-state index in [1.54, 1.807) is 6.92 Å². The van der Waals surface area contributed by atoms with E-state index >= 15 is 0 Å². The molecule has 0 aliphatic carbocycles. The van der Waals surface area contributed by atoms with E-state index in [1.165, 1.54) is 0 Å². The average molecular weight is 202 g/mol. The van der Waals surface area contributed by atoms with Gasteiger partial charge in [0.05, 0.1) is 11.8 Å². The Balaban J connectivity index is 2.43. The number of hydrogen-bond donors (Lipinski definition) is 2. The summed E-state index contributed by atoms with van der Waals surface area (Å²) in [5.41, 5.74) is 2.67. The van der Waals surface area contributed by atoms with E-state index < -0.39 is 6.10 Å². The summed E-state index contributed by atoms with van der Waals surface area (Å²) in [6.07, 6.45) is -0.529. The topological polar surface area (TPSA) is 48.9 Å². The predicted molar refractivity (Wildman–Crippen MR) is 59.4 cm³/mol. The van der Waals surface area contributed by atoms with Crippen LogP contribution in [0.25, 0.3) is 11.4 Å². The van der Waals surface area contributed by atoms with Crippen molar-refractivity contribution < 1.29 is 5.11 Å². The molecule has 2 rings (SSSR count). The highest BCUT2D eigenvalue weighted by molar-refractivity contribution is 5.55. The van der Waals surface area contributed by atoms with Crippen molar-refractivity contribution in [2.24, 2.45) is 0 Å². The largest absolute Gasteiger partial charge is 0.387 e. The van der Waals surface area contributed by atoms with Gasteiger partial charge in [0.15, 0.2) is 0 Å². The van der Waals surface area contributed by atoms with Gasteiger partial charge in [0.1, 0.15) is 5.82 Å². The van der Waals surface area contributed by atoms with Crippen LogP contribution in [0.2, 0.25) is 0 Å². The summed E-state index contributed by atoms with van der Waals surface area (Å²) >= 11 is 0. The van der Waals surface area contributed by atoms with Gasteiger partial charge >= 0.3 is 0 Å². The minimum atomic E-state index is -0.529. The molecule has 1 atom stereocenters. The number of benzene rings is 1. The Morgan fingerprint density at radius 3 is 2.47 bits per heavy atom. The van der Waals surface area contributed by atoms with Crippen LogP contribution in [0, 0.1) is 6.92 Å². The lowest BCUT2D eigenvalue weighted by molar-refractivity contribution is 0.194. The highest BCUT2D eigenvalue weighted by Gasteiger charge is 2.11. The summed E-state index contributed by atoms with van der Waals surface area (Å²) in [6.45, 7) is 3.64. The van der Waals surface area contributed by atoms with Crippen molar-refractivity contribution in [3.63, 3.8) is 0 Å². The van der Waals surface area contributed by atoms with E-state index in [0.717, 1.165) is 17.1 Å². The highest BCUT2D eigenvalue weighted by atomic mass is 16.3. The first-order valence-corrected chi connectivity index (χ1v) is 4.98. The Kier molecular flexibility index (Phi) is 2.56. The molecule has 0 aliphatic heterocycles. The first kappa shape index (κ1) is 9.93. The lowest BCUT2D eigenvalue weighted by Gasteiger charge is -1.98. The minimum Gasteiger partial charge on any atom is -0.387 e. The number of nitrogens with zero attached hydrogens (tertiary/aromatic N) is 1. The third-order valence-electron chi connectivity index (χ3n) is 2.37. The fraction of sp³-hybridized carbons (Fsp3) is 0.250. The predicted octanol–water partition coefficient (Wildman–Crippen LogP) is 2.44. The van der Waals surface area contributed by atoms with Crippen molar-refractivity contribution in [3.05, 3.63) is 41.7 Å². The summed E-state index contributed by atoms with van der Waals surface area (Å²) in [4.78, 5) is 7.55. The molecule has 15 heavy (non-hydrogen) atoms. The Morgan fingerprint density at radius 1 is 1.27 bits per heavy atom. The van der Waals surface area contributed by atoms with Crippen LogP contribution in [0.1, 0.15) is 24.4 Å². The molecule has 3 heteroatoms. The smallest absolute Gasteiger partial charge is 0.137 e. The van der Waals surface area contributed by atoms with Crippen LogP contribution in [0.15, 0.2) is 30.3 Å². The number of aryl methyl sites for hydroxylation is 1. The van der Waals surface area contributed by atoms with Gasteiger partial charge in [0.2, 0.25) is 0 Å². The molecule has 0 radical (unpaired) electrons. The first-order chi connectivity index (χ1) is 7.18. The van der Waals surface area contributed by atoms with Crippen molar-refractivity contribution >= 4 is 0 Å². The number of aliphatic hydroxyl groups is 1. The fourth-order valence-corrected chi connectivity index (χ4v) is 1.61. The molecule has 1 unspecified atom stereocenters. The van der Waals surface area contributed by atoms with Crippen molar-refractivity contribution in [1.82, 2.24) is 9.97 Å². The monoisotopic (exact) mass is 202 g/mol. The first-order valence-electron chi connectivity index (χ1n) is 4.98.